The molecule has 5 nitrogen and oxygen atoms in total. The Morgan fingerprint density at radius 2 is 1.83 bits per heavy atom. The average Bonchev–Trinajstić information content (AvgIpc) is 2.56. The van der Waals surface area contributed by atoms with Gasteiger partial charge in [0, 0.05) is 33.1 Å². The molecule has 2 fully saturated rings. The molecular formula is C18H35IN4O. The van der Waals surface area contributed by atoms with E-state index < -0.39 is 0 Å². The van der Waals surface area contributed by atoms with Crippen molar-refractivity contribution in [2.24, 2.45) is 28.5 Å². The number of guanidine groups is 1. The second kappa shape index (κ2) is 11.2. The Kier molecular flexibility index (Phi) is 10.0. The first kappa shape index (κ1) is 21.5. The topological polar surface area (TPSA) is 70.7 Å². The van der Waals surface area contributed by atoms with Gasteiger partial charge >= 0.3 is 0 Å². The van der Waals surface area contributed by atoms with Gasteiger partial charge in [-0.3, -0.25) is 9.79 Å². The third-order valence-corrected chi connectivity index (χ3v) is 5.61. The number of nitrogens with zero attached hydrogens (tertiary/aromatic N) is 2. The highest BCUT2D eigenvalue weighted by Crippen LogP contribution is 2.30. The molecule has 140 valence electrons. The molecule has 3 N–H and O–H groups in total. The fraction of sp³-hybridized carbons (Fsp3) is 0.889. The molecule has 0 bridgehead atoms. The predicted octanol–water partition coefficient (Wildman–Crippen LogP) is 2.98. The summed E-state index contributed by atoms with van der Waals surface area (Å²) >= 11 is 0. The SMILES string of the molecule is CCC1CCC(CNC(=NC)N2CCCC(CC(N)=O)C2)CC1.I. The van der Waals surface area contributed by atoms with Crippen LogP contribution in [0, 0.1) is 17.8 Å². The Labute approximate surface area is 164 Å². The molecule has 24 heavy (non-hydrogen) atoms. The molecule has 0 radical (unpaired) electrons. The number of hydrogen-bond donors (Lipinski definition) is 2. The van der Waals surface area contributed by atoms with E-state index in [1.54, 1.807) is 0 Å². The molecule has 1 atom stereocenters. The number of rotatable bonds is 5. The van der Waals surface area contributed by atoms with Crippen molar-refractivity contribution in [3.63, 3.8) is 0 Å². The van der Waals surface area contributed by atoms with Crippen LogP contribution in [0.5, 0.6) is 0 Å². The third kappa shape index (κ3) is 6.76. The van der Waals surface area contributed by atoms with Crippen molar-refractivity contribution in [2.45, 2.75) is 58.3 Å². The number of nitrogens with two attached hydrogens (primary N) is 1. The van der Waals surface area contributed by atoms with Gasteiger partial charge in [0.05, 0.1) is 0 Å². The van der Waals surface area contributed by atoms with Gasteiger partial charge in [-0.25, -0.2) is 0 Å². The summed E-state index contributed by atoms with van der Waals surface area (Å²) in [5, 5.41) is 3.58. The average molecular weight is 450 g/mol. The number of carbonyl (C=O) groups is 1. The van der Waals surface area contributed by atoms with Crippen molar-refractivity contribution in [1.29, 1.82) is 0 Å². The minimum absolute atomic E-state index is 0. The number of piperidine rings is 1. The van der Waals surface area contributed by atoms with Crippen molar-refractivity contribution in [3.05, 3.63) is 0 Å². The summed E-state index contributed by atoms with van der Waals surface area (Å²) in [7, 11) is 1.86. The molecular weight excluding hydrogens is 415 g/mol. The first-order valence-electron chi connectivity index (χ1n) is 9.36. The van der Waals surface area contributed by atoms with Crippen LogP contribution in [0.4, 0.5) is 0 Å². The molecule has 0 aromatic heterocycles. The second-order valence-electron chi connectivity index (χ2n) is 7.35. The Morgan fingerprint density at radius 3 is 2.42 bits per heavy atom. The monoisotopic (exact) mass is 450 g/mol. The highest BCUT2D eigenvalue weighted by atomic mass is 127. The molecule has 0 aromatic rings. The van der Waals surface area contributed by atoms with Crippen LogP contribution in [0.2, 0.25) is 0 Å². The first-order chi connectivity index (χ1) is 11.1. The van der Waals surface area contributed by atoms with E-state index in [-0.39, 0.29) is 29.9 Å². The third-order valence-electron chi connectivity index (χ3n) is 5.61. The molecule has 1 heterocycles. The van der Waals surface area contributed by atoms with E-state index >= 15 is 0 Å². The summed E-state index contributed by atoms with van der Waals surface area (Å²) in [4.78, 5) is 17.9. The summed E-state index contributed by atoms with van der Waals surface area (Å²) in [5.41, 5.74) is 5.35. The Morgan fingerprint density at radius 1 is 1.17 bits per heavy atom. The summed E-state index contributed by atoms with van der Waals surface area (Å²) in [6, 6.07) is 0. The molecule has 0 spiro atoms. The maximum Gasteiger partial charge on any atom is 0.217 e. The van der Waals surface area contributed by atoms with Crippen LogP contribution in [-0.4, -0.2) is 43.4 Å². The molecule has 2 rings (SSSR count). The van der Waals surface area contributed by atoms with Crippen LogP contribution >= 0.6 is 24.0 Å². The lowest BCUT2D eigenvalue weighted by molar-refractivity contribution is -0.119. The molecule has 1 aliphatic heterocycles. The van der Waals surface area contributed by atoms with Crippen LogP contribution in [0.15, 0.2) is 4.99 Å². The van der Waals surface area contributed by atoms with Crippen molar-refractivity contribution >= 4 is 35.8 Å². The van der Waals surface area contributed by atoms with Gasteiger partial charge in [0.25, 0.3) is 0 Å². The molecule has 1 saturated heterocycles. The van der Waals surface area contributed by atoms with Crippen molar-refractivity contribution in [1.82, 2.24) is 10.2 Å². The zero-order chi connectivity index (χ0) is 16.7. The molecule has 1 aliphatic carbocycles. The number of likely N-dealkylation sites (tertiary alicyclic amines) is 1. The van der Waals surface area contributed by atoms with E-state index in [2.05, 4.69) is 22.1 Å². The van der Waals surface area contributed by atoms with Crippen molar-refractivity contribution in [3.8, 4) is 0 Å². The lowest BCUT2D eigenvalue weighted by Gasteiger charge is -2.35. The van der Waals surface area contributed by atoms with E-state index in [0.29, 0.717) is 12.3 Å². The highest BCUT2D eigenvalue weighted by Gasteiger charge is 2.25. The standard InChI is InChI=1S/C18H34N4O.HI/c1-3-14-6-8-15(9-7-14)12-21-18(20-2)22-10-4-5-16(13-22)11-17(19)23;/h14-16H,3-13H2,1-2H3,(H2,19,23)(H,20,21);1H. The van der Waals surface area contributed by atoms with E-state index in [1.165, 1.54) is 32.1 Å². The largest absolute Gasteiger partial charge is 0.370 e. The fourth-order valence-corrected chi connectivity index (χ4v) is 4.12. The summed E-state index contributed by atoms with van der Waals surface area (Å²) < 4.78 is 0. The summed E-state index contributed by atoms with van der Waals surface area (Å²) in [6.45, 7) is 5.26. The van der Waals surface area contributed by atoms with Crippen LogP contribution in [-0.2, 0) is 4.79 Å². The maximum atomic E-state index is 11.2. The first-order valence-corrected chi connectivity index (χ1v) is 9.36. The number of primary amides is 1. The van der Waals surface area contributed by atoms with Crippen LogP contribution in [0.25, 0.3) is 0 Å². The predicted molar refractivity (Wildman–Crippen MR) is 111 cm³/mol. The quantitative estimate of drug-likeness (QED) is 0.385. The van der Waals surface area contributed by atoms with Gasteiger partial charge in [0.15, 0.2) is 5.96 Å². The number of aliphatic imine (C=N–C) groups is 1. The smallest absolute Gasteiger partial charge is 0.217 e. The van der Waals surface area contributed by atoms with Gasteiger partial charge in [-0.1, -0.05) is 26.2 Å². The van der Waals surface area contributed by atoms with Crippen LogP contribution in [0.1, 0.15) is 58.3 Å². The number of hydrogen-bond acceptors (Lipinski definition) is 2. The van der Waals surface area contributed by atoms with Gasteiger partial charge in [-0.05, 0) is 43.4 Å². The zero-order valence-electron chi connectivity index (χ0n) is 15.3. The van der Waals surface area contributed by atoms with E-state index in [9.17, 15) is 4.79 Å². The van der Waals surface area contributed by atoms with Gasteiger partial charge in [0.1, 0.15) is 0 Å². The number of amides is 1. The van der Waals surface area contributed by atoms with Gasteiger partial charge in [0.2, 0.25) is 5.91 Å². The summed E-state index contributed by atoms with van der Waals surface area (Å²) in [6.07, 6.45) is 9.47. The minimum atomic E-state index is -0.188. The second-order valence-corrected chi connectivity index (χ2v) is 7.35. The number of nitrogens with one attached hydrogen (secondary N) is 1. The Bertz CT molecular complexity index is 408. The maximum absolute atomic E-state index is 11.2. The zero-order valence-corrected chi connectivity index (χ0v) is 17.6. The van der Waals surface area contributed by atoms with Crippen molar-refractivity contribution in [2.75, 3.05) is 26.7 Å². The number of halogens is 1. The van der Waals surface area contributed by atoms with Crippen molar-refractivity contribution < 1.29 is 4.79 Å². The normalized spacial score (nSPS) is 28.2. The Balaban J connectivity index is 0.00000288. The van der Waals surface area contributed by atoms with Gasteiger partial charge < -0.3 is 16.0 Å². The van der Waals surface area contributed by atoms with E-state index in [0.717, 1.165) is 50.3 Å². The van der Waals surface area contributed by atoms with Crippen LogP contribution < -0.4 is 11.1 Å². The molecule has 2 aliphatic rings. The van der Waals surface area contributed by atoms with Crippen LogP contribution in [0.3, 0.4) is 0 Å². The molecule has 1 amide bonds. The molecule has 6 heteroatoms. The van der Waals surface area contributed by atoms with Gasteiger partial charge in [-0.2, -0.15) is 0 Å². The highest BCUT2D eigenvalue weighted by molar-refractivity contribution is 14.0. The summed E-state index contributed by atoms with van der Waals surface area (Å²) in [5.74, 6) is 2.91. The Hall–Kier alpha value is -0.530. The molecule has 1 saturated carbocycles. The van der Waals surface area contributed by atoms with Gasteiger partial charge in [-0.15, -0.1) is 24.0 Å². The fourth-order valence-electron chi connectivity index (χ4n) is 4.12. The number of carbonyl (C=O) groups excluding carboxylic acids is 1. The van der Waals surface area contributed by atoms with E-state index in [1.807, 2.05) is 7.05 Å². The van der Waals surface area contributed by atoms with E-state index in [4.69, 9.17) is 5.73 Å². The molecule has 1 unspecified atom stereocenters. The lowest BCUT2D eigenvalue weighted by Crippen LogP contribution is -2.48. The minimum Gasteiger partial charge on any atom is -0.370 e. The lowest BCUT2D eigenvalue weighted by atomic mass is 9.81. The molecule has 0 aromatic carbocycles.